The molecule has 1 atom stereocenters. The molecule has 1 aromatic carbocycles. The zero-order chi connectivity index (χ0) is 17.4. The van der Waals surface area contributed by atoms with Crippen molar-refractivity contribution in [3.8, 4) is 5.75 Å². The van der Waals surface area contributed by atoms with Crippen molar-refractivity contribution in [3.63, 3.8) is 0 Å². The van der Waals surface area contributed by atoms with Gasteiger partial charge >= 0.3 is 0 Å². The van der Waals surface area contributed by atoms with Crippen LogP contribution in [-0.2, 0) is 4.79 Å². The van der Waals surface area contributed by atoms with E-state index in [0.29, 0.717) is 17.0 Å². The number of amides is 2. The number of ether oxygens (including phenoxy) is 1. The molecule has 5 nitrogen and oxygen atoms in total. The predicted octanol–water partition coefficient (Wildman–Crippen LogP) is 2.96. The Balaban J connectivity index is 1.59. The summed E-state index contributed by atoms with van der Waals surface area (Å²) in [6, 6.07) is 6.83. The van der Waals surface area contributed by atoms with E-state index >= 15 is 0 Å². The molecule has 0 aromatic heterocycles. The zero-order valence-electron chi connectivity index (χ0n) is 13.9. The third kappa shape index (κ3) is 2.82. The first-order valence-corrected chi connectivity index (χ1v) is 8.36. The van der Waals surface area contributed by atoms with Crippen LogP contribution in [0.25, 0.3) is 0 Å². The Kier molecular flexibility index (Phi) is 3.84. The summed E-state index contributed by atoms with van der Waals surface area (Å²) >= 11 is 0. The fraction of sp³-hybridized carbons (Fsp3) is 0.250. The van der Waals surface area contributed by atoms with Gasteiger partial charge in [0.05, 0.1) is 12.8 Å². The standard InChI is InChI=1S/C20H18N2O3/c1-25-14-8-5-12(6-9-14)19(23)21-13-7-10-16-15-3-2-4-17(15)20(24)22-18(16)11-13/h5-11,16H,2-4H2,1H3,(H,22,24). The molecule has 1 aliphatic heterocycles. The monoisotopic (exact) mass is 334 g/mol. The van der Waals surface area contributed by atoms with Crippen LogP contribution in [0.1, 0.15) is 29.6 Å². The first kappa shape index (κ1) is 15.6. The second-order valence-electron chi connectivity index (χ2n) is 6.32. The first-order valence-electron chi connectivity index (χ1n) is 8.36. The minimum Gasteiger partial charge on any atom is -0.497 e. The van der Waals surface area contributed by atoms with E-state index in [2.05, 4.69) is 10.3 Å². The molecule has 1 N–H and O–H groups in total. The highest BCUT2D eigenvalue weighted by molar-refractivity contribution is 6.14. The maximum Gasteiger partial charge on any atom is 0.277 e. The normalized spacial score (nSPS) is 23.1. The van der Waals surface area contributed by atoms with E-state index in [9.17, 15) is 9.59 Å². The smallest absolute Gasteiger partial charge is 0.277 e. The largest absolute Gasteiger partial charge is 0.497 e. The van der Waals surface area contributed by atoms with Crippen molar-refractivity contribution in [2.75, 3.05) is 7.11 Å². The van der Waals surface area contributed by atoms with Crippen molar-refractivity contribution in [3.05, 3.63) is 64.9 Å². The molecule has 2 aliphatic carbocycles. The Hall–Kier alpha value is -2.95. The van der Waals surface area contributed by atoms with E-state index < -0.39 is 0 Å². The Bertz CT molecular complexity index is 873. The zero-order valence-corrected chi connectivity index (χ0v) is 13.9. The molecule has 3 aliphatic rings. The molecule has 5 heteroatoms. The van der Waals surface area contributed by atoms with Crippen LogP contribution in [0.15, 0.2) is 64.3 Å². The number of methoxy groups -OCH3 is 1. The number of carbonyl (C=O) groups is 2. The molecular weight excluding hydrogens is 316 g/mol. The highest BCUT2D eigenvalue weighted by atomic mass is 16.5. The Labute approximate surface area is 145 Å². The minimum atomic E-state index is -0.319. The third-order valence-corrected chi connectivity index (χ3v) is 4.83. The van der Waals surface area contributed by atoms with Crippen molar-refractivity contribution in [2.24, 2.45) is 10.9 Å². The number of nitrogens with zero attached hydrogens (tertiary/aromatic N) is 1. The average molecular weight is 334 g/mol. The van der Waals surface area contributed by atoms with Crippen molar-refractivity contribution in [1.29, 1.82) is 0 Å². The fourth-order valence-electron chi connectivity index (χ4n) is 3.57. The van der Waals surface area contributed by atoms with Crippen molar-refractivity contribution >= 4 is 17.5 Å². The maximum absolute atomic E-state index is 12.3. The van der Waals surface area contributed by atoms with Crippen LogP contribution in [0.3, 0.4) is 0 Å². The number of hydrogen-bond donors (Lipinski definition) is 1. The van der Waals surface area contributed by atoms with Gasteiger partial charge in [0.15, 0.2) is 0 Å². The molecular formula is C20H18N2O3. The number of carbonyl (C=O) groups excluding carboxylic acids is 2. The second kappa shape index (κ2) is 6.16. The number of allylic oxidation sites excluding steroid dienone is 3. The summed E-state index contributed by atoms with van der Waals surface area (Å²) in [7, 11) is 1.58. The summed E-state index contributed by atoms with van der Waals surface area (Å²) < 4.78 is 5.09. The molecule has 4 rings (SSSR count). The summed E-state index contributed by atoms with van der Waals surface area (Å²) in [5.41, 5.74) is 4.01. The molecule has 1 unspecified atom stereocenters. The Morgan fingerprint density at radius 2 is 2.04 bits per heavy atom. The Morgan fingerprint density at radius 3 is 2.80 bits per heavy atom. The van der Waals surface area contributed by atoms with Gasteiger partial charge in [0.25, 0.3) is 11.8 Å². The average Bonchev–Trinajstić information content (AvgIpc) is 3.12. The van der Waals surface area contributed by atoms with E-state index in [-0.39, 0.29) is 17.7 Å². The second-order valence-corrected chi connectivity index (χ2v) is 6.32. The predicted molar refractivity (Wildman–Crippen MR) is 94.5 cm³/mol. The van der Waals surface area contributed by atoms with Gasteiger partial charge in [0.1, 0.15) is 5.75 Å². The topological polar surface area (TPSA) is 67.8 Å². The minimum absolute atomic E-state index is 0.00821. The molecule has 1 aromatic rings. The van der Waals surface area contributed by atoms with Gasteiger partial charge in [0.2, 0.25) is 0 Å². The van der Waals surface area contributed by atoms with E-state index in [0.717, 1.165) is 30.5 Å². The number of nitrogens with one attached hydrogen (secondary N) is 1. The van der Waals surface area contributed by atoms with Gasteiger partial charge in [-0.1, -0.05) is 6.08 Å². The third-order valence-electron chi connectivity index (χ3n) is 4.83. The van der Waals surface area contributed by atoms with E-state index in [4.69, 9.17) is 4.74 Å². The molecule has 0 saturated carbocycles. The van der Waals surface area contributed by atoms with Gasteiger partial charge in [-0.25, -0.2) is 4.99 Å². The molecule has 0 saturated heterocycles. The van der Waals surface area contributed by atoms with Crippen LogP contribution >= 0.6 is 0 Å². The summed E-state index contributed by atoms with van der Waals surface area (Å²) in [5.74, 6) is 0.481. The van der Waals surface area contributed by atoms with Gasteiger partial charge in [-0.2, -0.15) is 0 Å². The highest BCUT2D eigenvalue weighted by Gasteiger charge is 2.34. The van der Waals surface area contributed by atoms with Gasteiger partial charge in [-0.3, -0.25) is 9.59 Å². The van der Waals surface area contributed by atoms with E-state index in [1.165, 1.54) is 5.57 Å². The number of hydrogen-bond acceptors (Lipinski definition) is 3. The lowest BCUT2D eigenvalue weighted by atomic mass is 9.85. The summed E-state index contributed by atoms with van der Waals surface area (Å²) in [6.07, 6.45) is 8.53. The summed E-state index contributed by atoms with van der Waals surface area (Å²) in [6.45, 7) is 0. The van der Waals surface area contributed by atoms with Crippen LogP contribution < -0.4 is 10.1 Å². The molecule has 0 spiro atoms. The summed E-state index contributed by atoms with van der Waals surface area (Å²) in [4.78, 5) is 28.7. The van der Waals surface area contributed by atoms with E-state index in [1.807, 2.05) is 12.2 Å². The van der Waals surface area contributed by atoms with Crippen LogP contribution in [0, 0.1) is 5.92 Å². The van der Waals surface area contributed by atoms with Crippen molar-refractivity contribution < 1.29 is 14.3 Å². The number of aliphatic imine (C=N–C) groups is 1. The molecule has 126 valence electrons. The highest BCUT2D eigenvalue weighted by Crippen LogP contribution is 2.39. The molecule has 1 heterocycles. The SMILES string of the molecule is COc1ccc(C(=O)N=C2C=CC3C(=C2)NC(=O)C2=C3CCC2)cc1. The first-order chi connectivity index (χ1) is 12.2. The molecule has 2 amide bonds. The lowest BCUT2D eigenvalue weighted by molar-refractivity contribution is -0.117. The lowest BCUT2D eigenvalue weighted by Gasteiger charge is -2.28. The summed E-state index contributed by atoms with van der Waals surface area (Å²) in [5, 5.41) is 2.95. The van der Waals surface area contributed by atoms with Crippen LogP contribution in [-0.4, -0.2) is 24.6 Å². The molecule has 0 radical (unpaired) electrons. The number of rotatable bonds is 2. The van der Waals surface area contributed by atoms with Crippen molar-refractivity contribution in [2.45, 2.75) is 19.3 Å². The van der Waals surface area contributed by atoms with Crippen LogP contribution in [0.4, 0.5) is 0 Å². The Morgan fingerprint density at radius 1 is 1.24 bits per heavy atom. The molecule has 0 fully saturated rings. The lowest BCUT2D eigenvalue weighted by Crippen LogP contribution is -2.35. The number of fused-ring (bicyclic) bond motifs is 2. The number of benzene rings is 1. The molecule has 0 bridgehead atoms. The maximum atomic E-state index is 12.3. The van der Waals surface area contributed by atoms with Gasteiger partial charge in [-0.05, 0) is 61.3 Å². The van der Waals surface area contributed by atoms with Gasteiger partial charge in [-0.15, -0.1) is 0 Å². The van der Waals surface area contributed by atoms with E-state index in [1.54, 1.807) is 37.5 Å². The fourth-order valence-corrected chi connectivity index (χ4v) is 3.57. The van der Waals surface area contributed by atoms with Gasteiger partial charge in [0, 0.05) is 22.8 Å². The van der Waals surface area contributed by atoms with Gasteiger partial charge < -0.3 is 10.1 Å². The van der Waals surface area contributed by atoms with Crippen LogP contribution in [0.2, 0.25) is 0 Å². The quantitative estimate of drug-likeness (QED) is 0.904. The molecule has 25 heavy (non-hydrogen) atoms. The van der Waals surface area contributed by atoms with Crippen molar-refractivity contribution in [1.82, 2.24) is 5.32 Å². The van der Waals surface area contributed by atoms with Crippen LogP contribution in [0.5, 0.6) is 5.75 Å².